The van der Waals surface area contributed by atoms with Crippen LogP contribution in [0.25, 0.3) is 0 Å². The van der Waals surface area contributed by atoms with Crippen molar-refractivity contribution in [2.45, 2.75) is 51.4 Å². The zero-order valence-electron chi connectivity index (χ0n) is 22.1. The minimum absolute atomic E-state index is 0.0255. The number of carboxylic acid groups (broad SMARTS) is 1. The molecule has 204 valence electrons. The number of carbonyl (C=O) groups is 2. The molecule has 2 heterocycles. The number of aromatic nitrogens is 2. The highest BCUT2D eigenvalue weighted by atomic mass is 16.5. The number of aryl methyl sites for hydroxylation is 1. The van der Waals surface area contributed by atoms with Gasteiger partial charge in [0.05, 0.1) is 13.2 Å². The standard InChI is InChI=1S/C30H34N4O5/c1-19-4-2-3-5-21(19)14-16-39-30-32-27(31)26-28(33-30)38-17-15-34(29(26)37)24-12-10-23(11-13-24)22-8-6-20(7-9-22)18-25(35)36/h2-5,10-13,20,22H,6-9,14-18H2,1H3,(H,35,36)(H2,31,32,33). The van der Waals surface area contributed by atoms with E-state index in [4.69, 9.17) is 20.3 Å². The fourth-order valence-corrected chi connectivity index (χ4v) is 5.54. The lowest BCUT2D eigenvalue weighted by Gasteiger charge is -2.28. The van der Waals surface area contributed by atoms with Crippen LogP contribution in [0.4, 0.5) is 11.5 Å². The number of fused-ring (bicyclic) bond motifs is 1. The van der Waals surface area contributed by atoms with E-state index < -0.39 is 5.97 Å². The third-order valence-corrected chi connectivity index (χ3v) is 7.75. The van der Waals surface area contributed by atoms with E-state index in [-0.39, 0.29) is 48.1 Å². The Labute approximate surface area is 228 Å². The van der Waals surface area contributed by atoms with Crippen molar-refractivity contribution in [1.29, 1.82) is 0 Å². The van der Waals surface area contributed by atoms with Crippen molar-refractivity contribution >= 4 is 23.4 Å². The number of ether oxygens (including phenoxy) is 2. The summed E-state index contributed by atoms with van der Waals surface area (Å²) in [5.41, 5.74) is 10.7. The topological polar surface area (TPSA) is 128 Å². The van der Waals surface area contributed by atoms with E-state index in [1.165, 1.54) is 16.7 Å². The van der Waals surface area contributed by atoms with Gasteiger partial charge in [-0.05, 0) is 73.3 Å². The molecular formula is C30H34N4O5. The molecular weight excluding hydrogens is 496 g/mol. The molecule has 0 unspecified atom stereocenters. The number of amides is 1. The predicted molar refractivity (Wildman–Crippen MR) is 147 cm³/mol. The largest absolute Gasteiger partial charge is 0.481 e. The number of hydrogen-bond donors (Lipinski definition) is 2. The molecule has 1 amide bonds. The first-order chi connectivity index (χ1) is 18.9. The normalized spacial score (nSPS) is 19.1. The number of nitrogens with zero attached hydrogens (tertiary/aromatic N) is 3. The maximum absolute atomic E-state index is 13.5. The lowest BCUT2D eigenvalue weighted by molar-refractivity contribution is -0.138. The van der Waals surface area contributed by atoms with Gasteiger partial charge in [-0.2, -0.15) is 9.97 Å². The first-order valence-corrected chi connectivity index (χ1v) is 13.5. The SMILES string of the molecule is Cc1ccccc1CCOc1nc(N)c2c(n1)OCCN(c1ccc(C3CCC(CC(=O)O)CC3)cc1)C2=O. The summed E-state index contributed by atoms with van der Waals surface area (Å²) in [6.07, 6.45) is 4.75. The van der Waals surface area contributed by atoms with E-state index in [0.29, 0.717) is 25.5 Å². The van der Waals surface area contributed by atoms with Gasteiger partial charge in [-0.15, -0.1) is 0 Å². The average molecular weight is 531 g/mol. The Hall–Kier alpha value is -4.14. The van der Waals surface area contributed by atoms with E-state index >= 15 is 0 Å². The number of aliphatic carboxylic acids is 1. The van der Waals surface area contributed by atoms with Crippen LogP contribution in [0, 0.1) is 12.8 Å². The van der Waals surface area contributed by atoms with Crippen LogP contribution in [-0.2, 0) is 11.2 Å². The van der Waals surface area contributed by atoms with Gasteiger partial charge in [-0.1, -0.05) is 36.4 Å². The summed E-state index contributed by atoms with van der Waals surface area (Å²) in [7, 11) is 0. The maximum atomic E-state index is 13.5. The molecule has 2 aromatic carbocycles. The molecule has 9 heteroatoms. The molecule has 2 aliphatic rings. The van der Waals surface area contributed by atoms with E-state index in [2.05, 4.69) is 41.2 Å². The van der Waals surface area contributed by atoms with Gasteiger partial charge in [-0.3, -0.25) is 9.59 Å². The highest BCUT2D eigenvalue weighted by Crippen LogP contribution is 2.38. The molecule has 0 saturated heterocycles. The number of anilines is 2. The van der Waals surface area contributed by atoms with Crippen molar-refractivity contribution in [3.8, 4) is 11.9 Å². The van der Waals surface area contributed by atoms with Gasteiger partial charge < -0.3 is 25.2 Å². The van der Waals surface area contributed by atoms with Crippen LogP contribution in [0.3, 0.4) is 0 Å². The van der Waals surface area contributed by atoms with Crippen molar-refractivity contribution in [2.24, 2.45) is 5.92 Å². The van der Waals surface area contributed by atoms with Gasteiger partial charge in [0.1, 0.15) is 18.0 Å². The van der Waals surface area contributed by atoms with Gasteiger partial charge >= 0.3 is 12.0 Å². The summed E-state index contributed by atoms with van der Waals surface area (Å²) in [6, 6.07) is 16.2. The fourth-order valence-electron chi connectivity index (χ4n) is 5.54. The number of hydrogen-bond acceptors (Lipinski definition) is 7. The number of benzene rings is 2. The van der Waals surface area contributed by atoms with Crippen molar-refractivity contribution in [1.82, 2.24) is 9.97 Å². The first kappa shape index (κ1) is 26.5. The molecule has 1 aromatic heterocycles. The Balaban J connectivity index is 1.25. The zero-order valence-corrected chi connectivity index (χ0v) is 22.1. The van der Waals surface area contributed by atoms with E-state index in [0.717, 1.165) is 31.4 Å². The monoisotopic (exact) mass is 530 g/mol. The first-order valence-electron chi connectivity index (χ1n) is 13.5. The summed E-state index contributed by atoms with van der Waals surface area (Å²) >= 11 is 0. The fraction of sp³-hybridized carbons (Fsp3) is 0.400. The molecule has 3 aromatic rings. The number of rotatable bonds is 8. The molecule has 0 radical (unpaired) electrons. The van der Waals surface area contributed by atoms with Crippen LogP contribution < -0.4 is 20.1 Å². The molecule has 1 fully saturated rings. The molecule has 1 aliphatic heterocycles. The number of nitrogens with two attached hydrogens (primary N) is 1. The average Bonchev–Trinajstić information content (AvgIpc) is 3.09. The van der Waals surface area contributed by atoms with Gasteiger partial charge in [0.25, 0.3) is 5.91 Å². The maximum Gasteiger partial charge on any atom is 0.321 e. The highest BCUT2D eigenvalue weighted by Gasteiger charge is 2.30. The van der Waals surface area contributed by atoms with Crippen LogP contribution in [0.15, 0.2) is 48.5 Å². The number of nitrogen functional groups attached to an aromatic ring is 1. The second-order valence-electron chi connectivity index (χ2n) is 10.3. The van der Waals surface area contributed by atoms with E-state index in [9.17, 15) is 9.59 Å². The summed E-state index contributed by atoms with van der Waals surface area (Å²) in [4.78, 5) is 34.7. The molecule has 5 rings (SSSR count). The van der Waals surface area contributed by atoms with Crippen LogP contribution >= 0.6 is 0 Å². The molecule has 0 bridgehead atoms. The molecule has 39 heavy (non-hydrogen) atoms. The molecule has 0 spiro atoms. The minimum Gasteiger partial charge on any atom is -0.481 e. The lowest BCUT2D eigenvalue weighted by atomic mass is 9.77. The van der Waals surface area contributed by atoms with Gasteiger partial charge in [0.2, 0.25) is 5.88 Å². The molecule has 9 nitrogen and oxygen atoms in total. The highest BCUT2D eigenvalue weighted by molar-refractivity contribution is 6.10. The van der Waals surface area contributed by atoms with Crippen LogP contribution in [0.1, 0.15) is 65.1 Å². The summed E-state index contributed by atoms with van der Waals surface area (Å²) in [6.45, 7) is 3.03. The molecule has 0 atom stereocenters. The van der Waals surface area contributed by atoms with Crippen LogP contribution in [0.2, 0.25) is 0 Å². The minimum atomic E-state index is -0.719. The molecule has 3 N–H and O–H groups in total. The second-order valence-corrected chi connectivity index (χ2v) is 10.3. The Bertz CT molecular complexity index is 1340. The van der Waals surface area contributed by atoms with Crippen molar-refractivity contribution < 1.29 is 24.2 Å². The third-order valence-electron chi connectivity index (χ3n) is 7.75. The number of carbonyl (C=O) groups excluding carboxylic acids is 1. The van der Waals surface area contributed by atoms with Crippen molar-refractivity contribution in [2.75, 3.05) is 30.4 Å². The van der Waals surface area contributed by atoms with Crippen LogP contribution in [-0.4, -0.2) is 46.7 Å². The zero-order chi connectivity index (χ0) is 27.4. The third kappa shape index (κ3) is 6.13. The van der Waals surface area contributed by atoms with Crippen molar-refractivity contribution in [3.05, 3.63) is 70.8 Å². The second kappa shape index (κ2) is 11.7. The summed E-state index contributed by atoms with van der Waals surface area (Å²) < 4.78 is 11.6. The van der Waals surface area contributed by atoms with Gasteiger partial charge in [0, 0.05) is 18.5 Å². The van der Waals surface area contributed by atoms with E-state index in [1.54, 1.807) is 4.90 Å². The Morgan fingerprint density at radius 1 is 1.10 bits per heavy atom. The predicted octanol–water partition coefficient (Wildman–Crippen LogP) is 4.78. The smallest absolute Gasteiger partial charge is 0.321 e. The van der Waals surface area contributed by atoms with Crippen molar-refractivity contribution in [3.63, 3.8) is 0 Å². The van der Waals surface area contributed by atoms with Gasteiger partial charge in [-0.25, -0.2) is 0 Å². The number of carboxylic acids is 1. The Morgan fingerprint density at radius 3 is 2.56 bits per heavy atom. The van der Waals surface area contributed by atoms with Crippen LogP contribution in [0.5, 0.6) is 11.9 Å². The summed E-state index contributed by atoms with van der Waals surface area (Å²) in [5, 5.41) is 9.06. The molecule has 1 saturated carbocycles. The quantitative estimate of drug-likeness (QED) is 0.426. The molecule has 1 aliphatic carbocycles. The Morgan fingerprint density at radius 2 is 1.85 bits per heavy atom. The van der Waals surface area contributed by atoms with E-state index in [1.807, 2.05) is 24.3 Å². The summed E-state index contributed by atoms with van der Waals surface area (Å²) in [5.74, 6) is -0.203. The lowest BCUT2D eigenvalue weighted by Crippen LogP contribution is -2.32. The van der Waals surface area contributed by atoms with Gasteiger partial charge in [0.15, 0.2) is 0 Å². The Kier molecular flexibility index (Phi) is 7.95.